The van der Waals surface area contributed by atoms with Crippen molar-refractivity contribution in [2.45, 2.75) is 25.5 Å². The molecule has 0 spiro atoms. The lowest BCUT2D eigenvalue weighted by Crippen LogP contribution is -2.38. The van der Waals surface area contributed by atoms with E-state index in [0.29, 0.717) is 12.1 Å². The van der Waals surface area contributed by atoms with Crippen LogP contribution in [0.4, 0.5) is 0 Å². The van der Waals surface area contributed by atoms with Crippen LogP contribution in [-0.2, 0) is 0 Å². The van der Waals surface area contributed by atoms with Crippen LogP contribution in [0.25, 0.3) is 10.6 Å². The molecular formula is C16H18N2O3S. The minimum atomic E-state index is -0.574. The van der Waals surface area contributed by atoms with Gasteiger partial charge in [0.25, 0.3) is 5.91 Å². The van der Waals surface area contributed by atoms with Gasteiger partial charge in [0.05, 0.1) is 18.8 Å². The first-order valence-corrected chi connectivity index (χ1v) is 8.09. The zero-order chi connectivity index (χ0) is 15.7. The number of aryl methyl sites for hydroxylation is 1. The summed E-state index contributed by atoms with van der Waals surface area (Å²) >= 11 is 1.43. The van der Waals surface area contributed by atoms with Crippen LogP contribution in [0.5, 0.6) is 0 Å². The lowest BCUT2D eigenvalue weighted by atomic mass is 10.1. The molecule has 1 fully saturated rings. The summed E-state index contributed by atoms with van der Waals surface area (Å²) in [5.74, 6) is -0.230. The highest BCUT2D eigenvalue weighted by molar-refractivity contribution is 7.13. The van der Waals surface area contributed by atoms with Crippen molar-refractivity contribution in [1.82, 2.24) is 9.88 Å². The fraction of sp³-hybridized carbons (Fsp3) is 0.375. The summed E-state index contributed by atoms with van der Waals surface area (Å²) in [7, 11) is 0. The molecule has 1 saturated heterocycles. The normalized spacial score (nSPS) is 21.3. The molecule has 2 atom stereocenters. The third-order valence-corrected chi connectivity index (χ3v) is 4.84. The molecule has 2 N–H and O–H groups in total. The highest BCUT2D eigenvalue weighted by Gasteiger charge is 2.35. The van der Waals surface area contributed by atoms with Gasteiger partial charge in [-0.15, -0.1) is 11.3 Å². The van der Waals surface area contributed by atoms with Gasteiger partial charge in [0.2, 0.25) is 0 Å². The number of aliphatic hydroxyl groups is 2. The first kappa shape index (κ1) is 15.1. The molecular weight excluding hydrogens is 300 g/mol. The predicted octanol–water partition coefficient (Wildman–Crippen LogP) is 1.69. The summed E-state index contributed by atoms with van der Waals surface area (Å²) < 4.78 is 0. The zero-order valence-electron chi connectivity index (χ0n) is 12.3. The van der Waals surface area contributed by atoms with E-state index in [0.717, 1.165) is 16.1 Å². The number of aromatic nitrogens is 1. The van der Waals surface area contributed by atoms with E-state index in [-0.39, 0.29) is 25.1 Å². The molecule has 1 aliphatic heterocycles. The highest BCUT2D eigenvalue weighted by Crippen LogP contribution is 2.28. The van der Waals surface area contributed by atoms with Gasteiger partial charge in [0.1, 0.15) is 10.7 Å². The Morgan fingerprint density at radius 3 is 2.95 bits per heavy atom. The van der Waals surface area contributed by atoms with Gasteiger partial charge in [-0.05, 0) is 18.9 Å². The monoisotopic (exact) mass is 318 g/mol. The molecule has 116 valence electrons. The van der Waals surface area contributed by atoms with Crippen LogP contribution in [0.2, 0.25) is 0 Å². The minimum Gasteiger partial charge on any atom is -0.394 e. The van der Waals surface area contributed by atoms with E-state index in [4.69, 9.17) is 0 Å². The molecule has 0 aliphatic carbocycles. The molecule has 1 aliphatic rings. The average Bonchev–Trinajstić information content (AvgIpc) is 3.13. The molecule has 1 amide bonds. The molecule has 0 bridgehead atoms. The van der Waals surface area contributed by atoms with Gasteiger partial charge in [0, 0.05) is 17.5 Å². The lowest BCUT2D eigenvalue weighted by Gasteiger charge is -2.21. The first-order chi connectivity index (χ1) is 10.6. The molecule has 0 saturated carbocycles. The maximum absolute atomic E-state index is 12.5. The topological polar surface area (TPSA) is 73.7 Å². The fourth-order valence-electron chi connectivity index (χ4n) is 2.77. The Bertz CT molecular complexity index is 686. The largest absolute Gasteiger partial charge is 0.394 e. The number of thiazole rings is 1. The second-order valence-corrected chi connectivity index (χ2v) is 6.39. The average molecular weight is 318 g/mol. The van der Waals surface area contributed by atoms with Gasteiger partial charge in [0.15, 0.2) is 0 Å². The Labute approximate surface area is 132 Å². The summed E-state index contributed by atoms with van der Waals surface area (Å²) in [5, 5.41) is 21.6. The van der Waals surface area contributed by atoms with Crippen LogP contribution >= 0.6 is 11.3 Å². The van der Waals surface area contributed by atoms with E-state index in [1.54, 1.807) is 5.38 Å². The number of hydrogen-bond acceptors (Lipinski definition) is 5. The molecule has 3 rings (SSSR count). The number of carbonyl (C=O) groups is 1. The summed E-state index contributed by atoms with van der Waals surface area (Å²) in [6.45, 7) is 2.12. The van der Waals surface area contributed by atoms with Crippen LogP contribution in [0.15, 0.2) is 29.6 Å². The maximum atomic E-state index is 12.5. The smallest absolute Gasteiger partial charge is 0.273 e. The van der Waals surface area contributed by atoms with Crippen molar-refractivity contribution in [3.63, 3.8) is 0 Å². The number of amides is 1. The van der Waals surface area contributed by atoms with E-state index in [9.17, 15) is 15.0 Å². The van der Waals surface area contributed by atoms with Crippen molar-refractivity contribution in [1.29, 1.82) is 0 Å². The van der Waals surface area contributed by atoms with Crippen LogP contribution in [-0.4, -0.2) is 51.3 Å². The zero-order valence-corrected chi connectivity index (χ0v) is 13.1. The number of carbonyl (C=O) groups excluding carboxylic acids is 1. The van der Waals surface area contributed by atoms with Crippen molar-refractivity contribution in [2.75, 3.05) is 13.2 Å². The number of likely N-dealkylation sites (tertiary alicyclic amines) is 1. The van der Waals surface area contributed by atoms with E-state index in [1.165, 1.54) is 16.2 Å². The molecule has 2 heterocycles. The van der Waals surface area contributed by atoms with Crippen molar-refractivity contribution in [2.24, 2.45) is 0 Å². The SMILES string of the molecule is Cc1ccccc1-c1nc(C(=O)N2C[C@H](O)C[C@H]2CO)cs1. The Hall–Kier alpha value is -1.76. The Morgan fingerprint density at radius 1 is 1.45 bits per heavy atom. The van der Waals surface area contributed by atoms with Crippen LogP contribution in [0, 0.1) is 6.92 Å². The third kappa shape index (κ3) is 2.77. The van der Waals surface area contributed by atoms with Crippen molar-refractivity contribution < 1.29 is 15.0 Å². The van der Waals surface area contributed by atoms with Crippen molar-refractivity contribution >= 4 is 17.2 Å². The number of hydrogen-bond donors (Lipinski definition) is 2. The minimum absolute atomic E-state index is 0.141. The molecule has 2 aromatic rings. The summed E-state index contributed by atoms with van der Waals surface area (Å²) in [6, 6.07) is 7.58. The lowest BCUT2D eigenvalue weighted by molar-refractivity contribution is 0.0660. The molecule has 0 unspecified atom stereocenters. The van der Waals surface area contributed by atoms with Crippen LogP contribution < -0.4 is 0 Å². The van der Waals surface area contributed by atoms with Crippen molar-refractivity contribution in [3.8, 4) is 10.6 Å². The third-order valence-electron chi connectivity index (χ3n) is 3.96. The summed E-state index contributed by atoms with van der Waals surface area (Å²) in [6.07, 6.45) is -0.160. The van der Waals surface area contributed by atoms with Gasteiger partial charge in [-0.2, -0.15) is 0 Å². The van der Waals surface area contributed by atoms with Gasteiger partial charge >= 0.3 is 0 Å². The van der Waals surface area contributed by atoms with Gasteiger partial charge in [-0.25, -0.2) is 4.98 Å². The number of nitrogens with zero attached hydrogens (tertiary/aromatic N) is 2. The molecule has 1 aromatic carbocycles. The second-order valence-electron chi connectivity index (χ2n) is 5.54. The maximum Gasteiger partial charge on any atom is 0.273 e. The quantitative estimate of drug-likeness (QED) is 0.903. The second kappa shape index (κ2) is 6.16. The van der Waals surface area contributed by atoms with Gasteiger partial charge < -0.3 is 15.1 Å². The van der Waals surface area contributed by atoms with E-state index in [1.807, 2.05) is 31.2 Å². The molecule has 0 radical (unpaired) electrons. The van der Waals surface area contributed by atoms with E-state index >= 15 is 0 Å². The summed E-state index contributed by atoms with van der Waals surface area (Å²) in [4.78, 5) is 18.5. The first-order valence-electron chi connectivity index (χ1n) is 7.21. The van der Waals surface area contributed by atoms with Crippen LogP contribution in [0.1, 0.15) is 22.5 Å². The van der Waals surface area contributed by atoms with Gasteiger partial charge in [-0.3, -0.25) is 4.79 Å². The number of rotatable bonds is 3. The molecule has 6 heteroatoms. The van der Waals surface area contributed by atoms with Crippen LogP contribution in [0.3, 0.4) is 0 Å². The number of benzene rings is 1. The molecule has 22 heavy (non-hydrogen) atoms. The number of aliphatic hydroxyl groups excluding tert-OH is 2. The Balaban J connectivity index is 1.85. The predicted molar refractivity (Wildman–Crippen MR) is 84.8 cm³/mol. The molecule has 5 nitrogen and oxygen atoms in total. The molecule has 1 aromatic heterocycles. The number of β-amino-alcohol motifs (C(OH)–C–C–N with tert-alkyl or cyclic N) is 1. The van der Waals surface area contributed by atoms with Gasteiger partial charge in [-0.1, -0.05) is 24.3 Å². The Kier molecular flexibility index (Phi) is 4.24. The fourth-order valence-corrected chi connectivity index (χ4v) is 3.65. The summed E-state index contributed by atoms with van der Waals surface area (Å²) in [5.41, 5.74) is 2.50. The van der Waals surface area contributed by atoms with E-state index < -0.39 is 6.10 Å². The standard InChI is InChI=1S/C16H18N2O3S/c1-10-4-2-3-5-13(10)15-17-14(9-22-15)16(21)18-7-12(20)6-11(18)8-19/h2-5,9,11-12,19-20H,6-8H2,1H3/t11-,12+/m0/s1. The highest BCUT2D eigenvalue weighted by atomic mass is 32.1. The Morgan fingerprint density at radius 2 is 2.23 bits per heavy atom. The van der Waals surface area contributed by atoms with E-state index in [2.05, 4.69) is 4.98 Å². The van der Waals surface area contributed by atoms with Crippen molar-refractivity contribution in [3.05, 3.63) is 40.9 Å².